The predicted molar refractivity (Wildman–Crippen MR) is 58.6 cm³/mol. The molecule has 0 heterocycles. The molecule has 0 saturated heterocycles. The van der Waals surface area contributed by atoms with Crippen molar-refractivity contribution in [1.82, 2.24) is 0 Å². The van der Waals surface area contributed by atoms with E-state index in [0.717, 1.165) is 0 Å². The van der Waals surface area contributed by atoms with Crippen LogP contribution in [0.4, 0.5) is 4.39 Å². The molecule has 16 heavy (non-hydrogen) atoms. The van der Waals surface area contributed by atoms with Crippen LogP contribution in [0.15, 0.2) is 18.2 Å². The lowest BCUT2D eigenvalue weighted by molar-refractivity contribution is 0.251. The summed E-state index contributed by atoms with van der Waals surface area (Å²) in [5.74, 6) is 0.619. The molecule has 84 valence electrons. The molecule has 0 radical (unpaired) electrons. The van der Waals surface area contributed by atoms with E-state index in [1.54, 1.807) is 12.1 Å². The number of halogens is 1. The normalized spacial score (nSPS) is 16.0. The maximum Gasteiger partial charge on any atom is 0.144 e. The van der Waals surface area contributed by atoms with Gasteiger partial charge in [-0.3, -0.25) is 0 Å². The number of rotatable bonds is 3. The van der Waals surface area contributed by atoms with Gasteiger partial charge in [0.1, 0.15) is 17.6 Å². The fourth-order valence-corrected chi connectivity index (χ4v) is 2.07. The molecular formula is C13H14FNO. The van der Waals surface area contributed by atoms with Crippen LogP contribution in [-0.4, -0.2) is 6.61 Å². The average Bonchev–Trinajstić information content (AvgIpc) is 2.79. The molecule has 2 nitrogen and oxygen atoms in total. The van der Waals surface area contributed by atoms with E-state index in [4.69, 9.17) is 10.00 Å². The summed E-state index contributed by atoms with van der Waals surface area (Å²) in [7, 11) is 0. The SMILES string of the molecule is N#Cc1ccc(OCC2CCCC2)cc1F. The van der Waals surface area contributed by atoms with E-state index in [-0.39, 0.29) is 5.56 Å². The van der Waals surface area contributed by atoms with Crippen LogP contribution in [0.2, 0.25) is 0 Å². The smallest absolute Gasteiger partial charge is 0.144 e. The second-order valence-corrected chi connectivity index (χ2v) is 4.21. The summed E-state index contributed by atoms with van der Waals surface area (Å²) in [6, 6.07) is 6.18. The zero-order valence-corrected chi connectivity index (χ0v) is 9.08. The Kier molecular flexibility index (Phi) is 3.40. The van der Waals surface area contributed by atoms with Gasteiger partial charge in [0.2, 0.25) is 0 Å². The van der Waals surface area contributed by atoms with Gasteiger partial charge >= 0.3 is 0 Å². The molecule has 0 amide bonds. The lowest BCUT2D eigenvalue weighted by Crippen LogP contribution is -2.08. The van der Waals surface area contributed by atoms with Gasteiger partial charge in [0.15, 0.2) is 0 Å². The highest BCUT2D eigenvalue weighted by Crippen LogP contribution is 2.26. The molecule has 3 heteroatoms. The van der Waals surface area contributed by atoms with Crippen LogP contribution in [0.3, 0.4) is 0 Å². The first kappa shape index (κ1) is 10.9. The van der Waals surface area contributed by atoms with Crippen LogP contribution < -0.4 is 4.74 Å². The first-order chi connectivity index (χ1) is 7.79. The van der Waals surface area contributed by atoms with Crippen LogP contribution in [0.25, 0.3) is 0 Å². The molecular weight excluding hydrogens is 205 g/mol. The van der Waals surface area contributed by atoms with E-state index < -0.39 is 5.82 Å². The minimum atomic E-state index is -0.508. The largest absolute Gasteiger partial charge is 0.493 e. The number of hydrogen-bond acceptors (Lipinski definition) is 2. The standard InChI is InChI=1S/C13H14FNO/c14-13-7-12(6-5-11(13)8-15)16-9-10-3-1-2-4-10/h5-7,10H,1-4,9H2. The maximum absolute atomic E-state index is 13.2. The van der Waals surface area contributed by atoms with Gasteiger partial charge in [-0.2, -0.15) is 5.26 Å². The molecule has 0 aliphatic heterocycles. The van der Waals surface area contributed by atoms with Crippen molar-refractivity contribution in [3.05, 3.63) is 29.6 Å². The van der Waals surface area contributed by atoms with Crippen molar-refractivity contribution >= 4 is 0 Å². The molecule has 2 rings (SSSR count). The van der Waals surface area contributed by atoms with Gasteiger partial charge in [-0.05, 0) is 30.9 Å². The van der Waals surface area contributed by atoms with Crippen LogP contribution in [0.1, 0.15) is 31.2 Å². The van der Waals surface area contributed by atoms with Gasteiger partial charge in [-0.15, -0.1) is 0 Å². The molecule has 1 aliphatic rings. The number of nitriles is 1. The Hall–Kier alpha value is -1.56. The molecule has 1 aromatic carbocycles. The lowest BCUT2D eigenvalue weighted by Gasteiger charge is -2.11. The summed E-state index contributed by atoms with van der Waals surface area (Å²) in [6.45, 7) is 0.658. The van der Waals surface area contributed by atoms with Crippen molar-refractivity contribution in [3.63, 3.8) is 0 Å². The highest BCUT2D eigenvalue weighted by molar-refractivity contribution is 5.36. The third-order valence-corrected chi connectivity index (χ3v) is 3.02. The summed E-state index contributed by atoms with van der Waals surface area (Å²) in [5.41, 5.74) is 0.0632. The average molecular weight is 219 g/mol. The van der Waals surface area contributed by atoms with Crippen molar-refractivity contribution in [3.8, 4) is 11.8 Å². The van der Waals surface area contributed by atoms with E-state index in [9.17, 15) is 4.39 Å². The predicted octanol–water partition coefficient (Wildman–Crippen LogP) is 3.27. The van der Waals surface area contributed by atoms with Crippen molar-refractivity contribution < 1.29 is 9.13 Å². The summed E-state index contributed by atoms with van der Waals surface area (Å²) in [6.07, 6.45) is 4.96. The molecule has 0 bridgehead atoms. The fourth-order valence-electron chi connectivity index (χ4n) is 2.07. The van der Waals surface area contributed by atoms with Crippen molar-refractivity contribution in [2.24, 2.45) is 5.92 Å². The van der Waals surface area contributed by atoms with Gasteiger partial charge in [0.05, 0.1) is 12.2 Å². The Morgan fingerprint density at radius 3 is 2.75 bits per heavy atom. The van der Waals surface area contributed by atoms with Gasteiger partial charge in [-0.25, -0.2) is 4.39 Å². The Balaban J connectivity index is 1.94. The fraction of sp³-hybridized carbons (Fsp3) is 0.462. The number of benzene rings is 1. The minimum Gasteiger partial charge on any atom is -0.493 e. The molecule has 0 spiro atoms. The van der Waals surface area contributed by atoms with Crippen molar-refractivity contribution in [1.29, 1.82) is 5.26 Å². The Morgan fingerprint density at radius 1 is 1.38 bits per heavy atom. The number of hydrogen-bond donors (Lipinski definition) is 0. The molecule has 0 N–H and O–H groups in total. The van der Waals surface area contributed by atoms with Crippen molar-refractivity contribution in [2.75, 3.05) is 6.61 Å². The van der Waals surface area contributed by atoms with Gasteiger partial charge in [0, 0.05) is 6.07 Å². The molecule has 1 saturated carbocycles. The summed E-state index contributed by atoms with van der Waals surface area (Å²) in [4.78, 5) is 0. The molecule has 0 aromatic heterocycles. The van der Waals surface area contributed by atoms with E-state index in [0.29, 0.717) is 18.3 Å². The summed E-state index contributed by atoms with van der Waals surface area (Å²) in [5, 5.41) is 8.58. The highest BCUT2D eigenvalue weighted by atomic mass is 19.1. The topological polar surface area (TPSA) is 33.0 Å². The van der Waals surface area contributed by atoms with Crippen LogP contribution >= 0.6 is 0 Å². The Morgan fingerprint density at radius 2 is 2.12 bits per heavy atom. The van der Waals surface area contributed by atoms with Gasteiger partial charge in [-0.1, -0.05) is 12.8 Å². The quantitative estimate of drug-likeness (QED) is 0.781. The van der Waals surface area contributed by atoms with Gasteiger partial charge < -0.3 is 4.74 Å². The third-order valence-electron chi connectivity index (χ3n) is 3.02. The molecule has 0 unspecified atom stereocenters. The maximum atomic E-state index is 13.2. The first-order valence-electron chi connectivity index (χ1n) is 5.62. The zero-order valence-electron chi connectivity index (χ0n) is 9.08. The van der Waals surface area contributed by atoms with Crippen LogP contribution in [-0.2, 0) is 0 Å². The van der Waals surface area contributed by atoms with Crippen molar-refractivity contribution in [2.45, 2.75) is 25.7 Å². The van der Waals surface area contributed by atoms with E-state index >= 15 is 0 Å². The Labute approximate surface area is 94.7 Å². The molecule has 1 fully saturated rings. The third kappa shape index (κ3) is 2.52. The first-order valence-corrected chi connectivity index (χ1v) is 5.62. The zero-order chi connectivity index (χ0) is 11.4. The second kappa shape index (κ2) is 4.98. The van der Waals surface area contributed by atoms with Gasteiger partial charge in [0.25, 0.3) is 0 Å². The number of ether oxygens (including phenoxy) is 1. The summed E-state index contributed by atoms with van der Waals surface area (Å²) < 4.78 is 18.8. The highest BCUT2D eigenvalue weighted by Gasteiger charge is 2.15. The monoisotopic (exact) mass is 219 g/mol. The van der Waals surface area contributed by atoms with E-state index in [2.05, 4.69) is 0 Å². The Bertz CT molecular complexity index is 405. The van der Waals surface area contributed by atoms with E-state index in [1.165, 1.54) is 37.8 Å². The van der Waals surface area contributed by atoms with E-state index in [1.807, 2.05) is 0 Å². The molecule has 0 atom stereocenters. The summed E-state index contributed by atoms with van der Waals surface area (Å²) >= 11 is 0. The molecule has 1 aliphatic carbocycles. The number of nitrogens with zero attached hydrogens (tertiary/aromatic N) is 1. The lowest BCUT2D eigenvalue weighted by atomic mass is 10.1. The van der Waals surface area contributed by atoms with Crippen LogP contribution in [0.5, 0.6) is 5.75 Å². The van der Waals surface area contributed by atoms with Crippen LogP contribution in [0, 0.1) is 23.1 Å². The molecule has 1 aromatic rings. The second-order valence-electron chi connectivity index (χ2n) is 4.21. The minimum absolute atomic E-state index is 0.0632.